The molecular formula is C11H18N2O5. The van der Waals surface area contributed by atoms with Gasteiger partial charge in [0.05, 0.1) is 0 Å². The Kier molecular flexibility index (Phi) is 4.80. The number of amides is 4. The van der Waals surface area contributed by atoms with Gasteiger partial charge in [0.15, 0.2) is 0 Å². The van der Waals surface area contributed by atoms with Gasteiger partial charge in [0.2, 0.25) is 0 Å². The Morgan fingerprint density at radius 3 is 1.50 bits per heavy atom. The van der Waals surface area contributed by atoms with Crippen LogP contribution in [0, 0.1) is 0 Å². The van der Waals surface area contributed by atoms with E-state index in [0.717, 1.165) is 0 Å². The maximum atomic E-state index is 11.8. The van der Waals surface area contributed by atoms with Crippen molar-refractivity contribution in [3.63, 3.8) is 0 Å². The number of imide groups is 2. The van der Waals surface area contributed by atoms with Gasteiger partial charge in [-0.1, -0.05) is 26.7 Å². The Balaban J connectivity index is 2.90. The third kappa shape index (κ3) is 2.51. The first kappa shape index (κ1) is 14.6. The van der Waals surface area contributed by atoms with Crippen LogP contribution in [0.4, 0.5) is 4.79 Å². The van der Waals surface area contributed by atoms with E-state index in [1.165, 1.54) is 0 Å². The minimum Gasteiger partial charge on any atom is -0.373 e. The number of hydrogen-bond donors (Lipinski definition) is 2. The lowest BCUT2D eigenvalue weighted by atomic mass is 10.3. The number of nitrogens with zero attached hydrogens (tertiary/aromatic N) is 2. The highest BCUT2D eigenvalue weighted by atomic mass is 16.3. The average molecular weight is 258 g/mol. The molecule has 1 saturated heterocycles. The van der Waals surface area contributed by atoms with Gasteiger partial charge >= 0.3 is 17.8 Å². The molecule has 0 aliphatic carbocycles. The van der Waals surface area contributed by atoms with Crippen molar-refractivity contribution in [1.29, 1.82) is 0 Å². The van der Waals surface area contributed by atoms with Gasteiger partial charge < -0.3 is 10.2 Å². The molecule has 1 aliphatic rings. The van der Waals surface area contributed by atoms with E-state index in [9.17, 15) is 24.6 Å². The molecule has 1 heterocycles. The molecule has 0 aromatic rings. The summed E-state index contributed by atoms with van der Waals surface area (Å²) in [5.41, 5.74) is 0. The van der Waals surface area contributed by atoms with Gasteiger partial charge in [-0.3, -0.25) is 9.59 Å². The van der Waals surface area contributed by atoms with Gasteiger partial charge in [0.25, 0.3) is 0 Å². The standard InChI is InChI=1S/C11H18N2O5/c1-3-5-7(14)12-9(16)10(17)13(11(12)18)8(15)6-4-2/h7-8,14-15H,3-6H2,1-2H3. The van der Waals surface area contributed by atoms with Crippen molar-refractivity contribution < 1.29 is 24.6 Å². The fourth-order valence-electron chi connectivity index (χ4n) is 1.80. The molecule has 4 amide bonds. The lowest BCUT2D eigenvalue weighted by molar-refractivity contribution is -0.149. The highest BCUT2D eigenvalue weighted by Gasteiger charge is 2.49. The summed E-state index contributed by atoms with van der Waals surface area (Å²) in [4.78, 5) is 36.0. The van der Waals surface area contributed by atoms with Crippen LogP contribution in [-0.4, -0.2) is 50.3 Å². The first-order valence-electron chi connectivity index (χ1n) is 6.02. The van der Waals surface area contributed by atoms with Gasteiger partial charge in [0, 0.05) is 0 Å². The molecule has 1 aliphatic heterocycles. The first-order valence-corrected chi connectivity index (χ1v) is 6.02. The molecular weight excluding hydrogens is 240 g/mol. The van der Waals surface area contributed by atoms with Crippen molar-refractivity contribution >= 4 is 17.8 Å². The molecule has 0 radical (unpaired) electrons. The van der Waals surface area contributed by atoms with E-state index in [1.807, 2.05) is 0 Å². The third-order valence-corrected chi connectivity index (χ3v) is 2.72. The van der Waals surface area contributed by atoms with Crippen LogP contribution < -0.4 is 0 Å². The highest BCUT2D eigenvalue weighted by molar-refractivity contribution is 6.44. The average Bonchev–Trinajstić information content (AvgIpc) is 2.51. The van der Waals surface area contributed by atoms with E-state index >= 15 is 0 Å². The number of carbonyl (C=O) groups is 3. The van der Waals surface area contributed by atoms with Crippen LogP contribution >= 0.6 is 0 Å². The molecule has 0 aromatic carbocycles. The molecule has 2 unspecified atom stereocenters. The summed E-state index contributed by atoms with van der Waals surface area (Å²) in [6, 6.07) is -0.952. The molecule has 7 heteroatoms. The second-order valence-corrected chi connectivity index (χ2v) is 4.17. The fourth-order valence-corrected chi connectivity index (χ4v) is 1.80. The second kappa shape index (κ2) is 5.92. The number of aliphatic hydroxyl groups is 2. The second-order valence-electron chi connectivity index (χ2n) is 4.17. The van der Waals surface area contributed by atoms with Crippen LogP contribution in [0.15, 0.2) is 0 Å². The number of urea groups is 1. The van der Waals surface area contributed by atoms with Crippen molar-refractivity contribution in [2.75, 3.05) is 0 Å². The fraction of sp³-hybridized carbons (Fsp3) is 0.727. The van der Waals surface area contributed by atoms with Crippen molar-refractivity contribution in [2.45, 2.75) is 52.0 Å². The molecule has 2 N–H and O–H groups in total. The number of carbonyl (C=O) groups excluding carboxylic acids is 3. The topological polar surface area (TPSA) is 98.2 Å². The molecule has 1 fully saturated rings. The van der Waals surface area contributed by atoms with Crippen LogP contribution in [0.25, 0.3) is 0 Å². The first-order chi connectivity index (χ1) is 8.45. The largest absolute Gasteiger partial charge is 0.373 e. The van der Waals surface area contributed by atoms with Crippen LogP contribution in [-0.2, 0) is 9.59 Å². The molecule has 0 saturated carbocycles. The van der Waals surface area contributed by atoms with Crippen LogP contribution in [0.3, 0.4) is 0 Å². The molecule has 0 aromatic heterocycles. The number of aliphatic hydroxyl groups excluding tert-OH is 2. The Hall–Kier alpha value is -1.47. The van der Waals surface area contributed by atoms with Crippen molar-refractivity contribution in [3.05, 3.63) is 0 Å². The molecule has 7 nitrogen and oxygen atoms in total. The predicted molar refractivity (Wildman–Crippen MR) is 60.9 cm³/mol. The van der Waals surface area contributed by atoms with Gasteiger partial charge in [-0.05, 0) is 12.8 Å². The number of hydrogen-bond acceptors (Lipinski definition) is 5. The Labute approximate surface area is 105 Å². The highest BCUT2D eigenvalue weighted by Crippen LogP contribution is 2.20. The monoisotopic (exact) mass is 258 g/mol. The van der Waals surface area contributed by atoms with Crippen LogP contribution in [0.5, 0.6) is 0 Å². The van der Waals surface area contributed by atoms with E-state index in [2.05, 4.69) is 0 Å². The smallest absolute Gasteiger partial charge is 0.338 e. The predicted octanol–water partition coefficient (Wildman–Crippen LogP) is 0.0142. The van der Waals surface area contributed by atoms with Gasteiger partial charge in [-0.2, -0.15) is 0 Å². The quantitative estimate of drug-likeness (QED) is 0.516. The van der Waals surface area contributed by atoms with E-state index in [-0.39, 0.29) is 12.8 Å². The molecule has 0 spiro atoms. The lowest BCUT2D eigenvalue weighted by Gasteiger charge is -2.22. The van der Waals surface area contributed by atoms with Crippen LogP contribution in [0.2, 0.25) is 0 Å². The van der Waals surface area contributed by atoms with Gasteiger partial charge in [-0.25, -0.2) is 14.6 Å². The summed E-state index contributed by atoms with van der Waals surface area (Å²) in [5.74, 6) is -2.17. The Bertz CT molecular complexity index is 325. The zero-order valence-corrected chi connectivity index (χ0v) is 10.5. The molecule has 2 atom stereocenters. The molecule has 1 rings (SSSR count). The Morgan fingerprint density at radius 2 is 1.22 bits per heavy atom. The summed E-state index contributed by atoms with van der Waals surface area (Å²) < 4.78 is 0. The maximum Gasteiger partial charge on any atom is 0.338 e. The molecule has 102 valence electrons. The zero-order chi connectivity index (χ0) is 13.9. The minimum atomic E-state index is -1.32. The van der Waals surface area contributed by atoms with Gasteiger partial charge in [0.1, 0.15) is 12.5 Å². The summed E-state index contributed by atoms with van der Waals surface area (Å²) in [5, 5.41) is 19.3. The van der Waals surface area contributed by atoms with Crippen molar-refractivity contribution in [2.24, 2.45) is 0 Å². The third-order valence-electron chi connectivity index (χ3n) is 2.72. The zero-order valence-electron chi connectivity index (χ0n) is 10.5. The normalized spacial score (nSPS) is 19.7. The van der Waals surface area contributed by atoms with E-state index in [4.69, 9.17) is 0 Å². The van der Waals surface area contributed by atoms with E-state index < -0.39 is 30.3 Å². The SMILES string of the molecule is CCCC(O)N1C(=O)C(=O)N(C(O)CCC)C1=O. The van der Waals surface area contributed by atoms with E-state index in [1.54, 1.807) is 13.8 Å². The summed E-state index contributed by atoms with van der Waals surface area (Å²) in [6.07, 6.45) is -1.13. The molecule has 18 heavy (non-hydrogen) atoms. The summed E-state index contributed by atoms with van der Waals surface area (Å²) >= 11 is 0. The van der Waals surface area contributed by atoms with Crippen molar-refractivity contribution in [1.82, 2.24) is 9.80 Å². The Morgan fingerprint density at radius 1 is 0.889 bits per heavy atom. The maximum absolute atomic E-state index is 11.8. The summed E-state index contributed by atoms with van der Waals surface area (Å²) in [7, 11) is 0. The van der Waals surface area contributed by atoms with Crippen LogP contribution in [0.1, 0.15) is 39.5 Å². The number of rotatable bonds is 6. The molecule has 0 bridgehead atoms. The van der Waals surface area contributed by atoms with Crippen molar-refractivity contribution in [3.8, 4) is 0 Å². The van der Waals surface area contributed by atoms with Gasteiger partial charge in [-0.15, -0.1) is 0 Å². The minimum absolute atomic E-state index is 0.197. The lowest BCUT2D eigenvalue weighted by Crippen LogP contribution is -2.44. The van der Waals surface area contributed by atoms with E-state index in [0.29, 0.717) is 22.6 Å². The summed E-state index contributed by atoms with van der Waals surface area (Å²) in [6.45, 7) is 3.56.